The molecule has 0 spiro atoms. The van der Waals surface area contributed by atoms with E-state index < -0.39 is 11.5 Å². The van der Waals surface area contributed by atoms with Gasteiger partial charge in [0, 0.05) is 22.7 Å². The van der Waals surface area contributed by atoms with Crippen LogP contribution in [0.4, 0.5) is 5.13 Å². The number of carbonyl (C=O) groups excluding carboxylic acids is 1. The molecule has 0 saturated heterocycles. The van der Waals surface area contributed by atoms with Crippen molar-refractivity contribution in [2.75, 3.05) is 5.32 Å². The summed E-state index contributed by atoms with van der Waals surface area (Å²) in [5.74, 6) is -0.530. The highest BCUT2D eigenvalue weighted by Crippen LogP contribution is 2.27. The number of hydrogen-bond donors (Lipinski definition) is 1. The van der Waals surface area contributed by atoms with E-state index in [1.807, 2.05) is 27.7 Å². The van der Waals surface area contributed by atoms with Gasteiger partial charge in [0.05, 0.1) is 0 Å². The lowest BCUT2D eigenvalue weighted by Crippen LogP contribution is -2.25. The minimum atomic E-state index is -0.530. The fourth-order valence-electron chi connectivity index (χ4n) is 1.89. The maximum Gasteiger partial charge on any atom is 0.271 e. The molecule has 0 aliphatic carbocycles. The summed E-state index contributed by atoms with van der Waals surface area (Å²) in [4.78, 5) is 30.4. The molecule has 23 heavy (non-hydrogen) atoms. The van der Waals surface area contributed by atoms with E-state index in [0.29, 0.717) is 10.1 Å². The van der Waals surface area contributed by atoms with Crippen LogP contribution in [-0.4, -0.2) is 25.5 Å². The second-order valence-electron chi connectivity index (χ2n) is 6.09. The molecule has 0 saturated carbocycles. The van der Waals surface area contributed by atoms with Crippen LogP contribution in [0.15, 0.2) is 17.2 Å². The van der Waals surface area contributed by atoms with E-state index in [9.17, 15) is 9.59 Å². The third kappa shape index (κ3) is 3.02. The topological polar surface area (TPSA) is 89.2 Å². The maximum absolute atomic E-state index is 12.4. The van der Waals surface area contributed by atoms with Gasteiger partial charge in [-0.1, -0.05) is 32.1 Å². The van der Waals surface area contributed by atoms with Gasteiger partial charge in [-0.3, -0.25) is 19.3 Å². The summed E-state index contributed by atoms with van der Waals surface area (Å²) in [6, 6.07) is 0. The number of fused-ring (bicyclic) bond motifs is 1. The molecule has 9 heteroatoms. The van der Waals surface area contributed by atoms with Crippen molar-refractivity contribution in [1.82, 2.24) is 19.6 Å². The normalized spacial score (nSPS) is 11.8. The van der Waals surface area contributed by atoms with Crippen molar-refractivity contribution in [3.63, 3.8) is 0 Å². The Morgan fingerprint density at radius 1 is 1.26 bits per heavy atom. The van der Waals surface area contributed by atoms with E-state index in [1.54, 1.807) is 6.20 Å². The Morgan fingerprint density at radius 3 is 2.65 bits per heavy atom. The minimum Gasteiger partial charge on any atom is -0.296 e. The van der Waals surface area contributed by atoms with Crippen LogP contribution in [-0.2, 0) is 5.41 Å². The van der Waals surface area contributed by atoms with Gasteiger partial charge in [-0.05, 0) is 6.92 Å². The number of rotatable bonds is 2. The zero-order chi connectivity index (χ0) is 16.8. The van der Waals surface area contributed by atoms with Crippen molar-refractivity contribution in [3.8, 4) is 0 Å². The quantitative estimate of drug-likeness (QED) is 0.768. The number of nitrogens with one attached hydrogen (secondary N) is 1. The summed E-state index contributed by atoms with van der Waals surface area (Å²) < 4.78 is 1.38. The molecule has 1 amide bonds. The second kappa shape index (κ2) is 5.50. The van der Waals surface area contributed by atoms with Crippen molar-refractivity contribution in [2.45, 2.75) is 33.1 Å². The summed E-state index contributed by atoms with van der Waals surface area (Å²) in [6.45, 7) is 7.93. The summed E-state index contributed by atoms with van der Waals surface area (Å²) in [6.07, 6.45) is 2.98. The zero-order valence-corrected chi connectivity index (χ0v) is 14.7. The number of carbonyl (C=O) groups is 1. The Hall–Kier alpha value is -2.13. The zero-order valence-electron chi connectivity index (χ0n) is 13.1. The van der Waals surface area contributed by atoms with Crippen molar-refractivity contribution in [1.29, 1.82) is 0 Å². The monoisotopic (exact) mass is 349 g/mol. The highest BCUT2D eigenvalue weighted by Gasteiger charge is 2.21. The smallest absolute Gasteiger partial charge is 0.271 e. The van der Waals surface area contributed by atoms with Gasteiger partial charge < -0.3 is 0 Å². The molecule has 0 atom stereocenters. The Balaban J connectivity index is 1.90. The number of amides is 1. The molecule has 0 fully saturated rings. The summed E-state index contributed by atoms with van der Waals surface area (Å²) in [7, 11) is 0. The van der Waals surface area contributed by atoms with E-state index in [-0.39, 0.29) is 11.0 Å². The molecule has 1 N–H and O–H groups in total. The summed E-state index contributed by atoms with van der Waals surface area (Å²) in [5.41, 5.74) is -0.556. The first-order chi connectivity index (χ1) is 10.8. The highest BCUT2D eigenvalue weighted by atomic mass is 32.1. The summed E-state index contributed by atoms with van der Waals surface area (Å²) in [5, 5.41) is 11.8. The second-order valence-corrected chi connectivity index (χ2v) is 8.28. The fourth-order valence-corrected chi connectivity index (χ4v) is 3.47. The Bertz CT molecular complexity index is 948. The Labute approximate surface area is 140 Å². The third-order valence-corrected chi connectivity index (χ3v) is 5.23. The molecule has 3 heterocycles. The minimum absolute atomic E-state index is 0.0205. The van der Waals surface area contributed by atoms with Gasteiger partial charge in [-0.25, -0.2) is 4.98 Å². The van der Waals surface area contributed by atoms with Gasteiger partial charge >= 0.3 is 0 Å². The van der Waals surface area contributed by atoms with Crippen LogP contribution < -0.4 is 10.9 Å². The van der Waals surface area contributed by atoms with Crippen LogP contribution in [0.25, 0.3) is 4.96 Å². The van der Waals surface area contributed by atoms with Crippen LogP contribution >= 0.6 is 22.7 Å². The predicted molar refractivity (Wildman–Crippen MR) is 90.6 cm³/mol. The van der Waals surface area contributed by atoms with E-state index in [1.165, 1.54) is 33.3 Å². The van der Waals surface area contributed by atoms with Crippen molar-refractivity contribution in [3.05, 3.63) is 38.2 Å². The number of thiazole rings is 1. The first-order valence-electron chi connectivity index (χ1n) is 6.89. The van der Waals surface area contributed by atoms with Crippen LogP contribution in [0, 0.1) is 6.92 Å². The predicted octanol–water partition coefficient (Wildman–Crippen LogP) is 2.47. The molecule has 0 unspecified atom stereocenters. The van der Waals surface area contributed by atoms with Crippen molar-refractivity contribution >= 4 is 38.7 Å². The average molecular weight is 349 g/mol. The molecular weight excluding hydrogens is 334 g/mol. The first-order valence-corrected chi connectivity index (χ1v) is 8.52. The van der Waals surface area contributed by atoms with Crippen LogP contribution in [0.3, 0.4) is 0 Å². The van der Waals surface area contributed by atoms with Gasteiger partial charge in [0.25, 0.3) is 11.5 Å². The van der Waals surface area contributed by atoms with E-state index in [2.05, 4.69) is 20.5 Å². The van der Waals surface area contributed by atoms with Crippen LogP contribution in [0.1, 0.15) is 41.0 Å². The van der Waals surface area contributed by atoms with Crippen molar-refractivity contribution in [2.24, 2.45) is 0 Å². The van der Waals surface area contributed by atoms with E-state index in [0.717, 1.165) is 9.88 Å². The number of hydrogen-bond acceptors (Lipinski definition) is 7. The van der Waals surface area contributed by atoms with Crippen molar-refractivity contribution < 1.29 is 4.79 Å². The van der Waals surface area contributed by atoms with Gasteiger partial charge in [0.2, 0.25) is 5.13 Å². The molecule has 3 aromatic heterocycles. The van der Waals surface area contributed by atoms with Gasteiger partial charge in [0.15, 0.2) is 4.96 Å². The molecule has 3 rings (SSSR count). The van der Waals surface area contributed by atoms with Gasteiger partial charge in [0.1, 0.15) is 10.6 Å². The van der Waals surface area contributed by atoms with Crippen LogP contribution in [0.5, 0.6) is 0 Å². The fraction of sp³-hybridized carbons (Fsp3) is 0.357. The molecule has 7 nitrogen and oxygen atoms in total. The standard InChI is InChI=1S/C14H15N5O2S2/c1-7-6-19-10(21)8(5-15-13(19)22-7)9(20)16-12-18-17-11(23-12)14(2,3)4/h5-6H,1-4H3,(H,16,18,20). The molecule has 120 valence electrons. The summed E-state index contributed by atoms with van der Waals surface area (Å²) >= 11 is 2.69. The Kier molecular flexibility index (Phi) is 3.77. The SMILES string of the molecule is Cc1cn2c(=O)c(C(=O)Nc3nnc(C(C)(C)C)s3)cnc2s1. The lowest BCUT2D eigenvalue weighted by molar-refractivity contribution is 0.102. The Morgan fingerprint density at radius 2 is 2.00 bits per heavy atom. The molecule has 0 radical (unpaired) electrons. The van der Waals surface area contributed by atoms with Crippen LogP contribution in [0.2, 0.25) is 0 Å². The first kappa shape index (κ1) is 15.8. The number of anilines is 1. The molecule has 0 aromatic carbocycles. The molecule has 0 bridgehead atoms. The molecule has 3 aromatic rings. The average Bonchev–Trinajstić information content (AvgIpc) is 3.04. The maximum atomic E-state index is 12.4. The number of nitrogens with zero attached hydrogens (tertiary/aromatic N) is 4. The highest BCUT2D eigenvalue weighted by molar-refractivity contribution is 7.17. The van der Waals surface area contributed by atoms with E-state index in [4.69, 9.17) is 0 Å². The molecular formula is C14H15N5O2S2. The van der Waals surface area contributed by atoms with E-state index >= 15 is 0 Å². The third-order valence-electron chi connectivity index (χ3n) is 3.05. The van der Waals surface area contributed by atoms with Gasteiger partial charge in [-0.2, -0.15) is 0 Å². The number of aromatic nitrogens is 4. The molecule has 0 aliphatic rings. The largest absolute Gasteiger partial charge is 0.296 e. The molecule has 0 aliphatic heterocycles. The lowest BCUT2D eigenvalue weighted by atomic mass is 9.98. The lowest BCUT2D eigenvalue weighted by Gasteiger charge is -2.12. The number of aryl methyl sites for hydroxylation is 1. The van der Waals surface area contributed by atoms with Gasteiger partial charge in [-0.15, -0.1) is 21.5 Å².